The van der Waals surface area contributed by atoms with Crippen molar-refractivity contribution in [3.8, 4) is 0 Å². The van der Waals surface area contributed by atoms with Crippen molar-refractivity contribution < 1.29 is 40.6 Å². The molecule has 0 N–H and O–H groups in total. The van der Waals surface area contributed by atoms with Crippen LogP contribution in [0.4, 0.5) is 0 Å². The number of ether oxygens (including phenoxy) is 1. The molecule has 5 heteroatoms. The number of aliphatic imine (C=N–C) groups is 1. The van der Waals surface area contributed by atoms with Gasteiger partial charge in [0.05, 0.1) is 7.11 Å². The van der Waals surface area contributed by atoms with E-state index in [2.05, 4.69) is 37.9 Å². The van der Waals surface area contributed by atoms with Gasteiger partial charge < -0.3 is 15.8 Å². The molecule has 70 valence electrons. The molecule has 3 nitrogen and oxygen atoms in total. The summed E-state index contributed by atoms with van der Waals surface area (Å²) in [5.74, 6) is -0.522. The molecule has 0 unspecified atom stereocenters. The van der Waals surface area contributed by atoms with Crippen LogP contribution >= 0.6 is 15.9 Å². The normalized spacial score (nSPS) is 11.2. The zero-order chi connectivity index (χ0) is 9.40. The second-order valence-electron chi connectivity index (χ2n) is 1.82. The van der Waals surface area contributed by atoms with E-state index in [4.69, 9.17) is 0 Å². The molecule has 0 amide bonds. The number of methoxy groups -OCH3 is 1. The Hall–Kier alpha value is 0.412. The number of alkyl halides is 1. The number of nitrogens with zero attached hydrogens (tertiary/aromatic N) is 1. The minimum Gasteiger partial charge on any atom is -0.495 e. The number of allylic oxidation sites excluding steroid dienone is 1. The predicted molar refractivity (Wildman–Crippen MR) is 50.3 cm³/mol. The summed E-state index contributed by atoms with van der Waals surface area (Å²) >= 11 is 3.16. The number of carbonyl (C=O) groups is 1. The van der Waals surface area contributed by atoms with E-state index in [1.54, 1.807) is 0 Å². The van der Waals surface area contributed by atoms with E-state index in [-0.39, 0.29) is 31.1 Å². The standard InChI is InChI=1S/C8H10BrNO2.U/c1-3-4-10-7(6-9)5-8(11)12-2;/h3,6H2,1-2H3;/q-2;+2. The summed E-state index contributed by atoms with van der Waals surface area (Å²) in [6, 6.07) is 0. The van der Waals surface area contributed by atoms with Crippen LogP contribution in [0.2, 0.25) is 0 Å². The molecule has 13 heavy (non-hydrogen) atoms. The van der Waals surface area contributed by atoms with Gasteiger partial charge >= 0.3 is 31.1 Å². The van der Waals surface area contributed by atoms with Gasteiger partial charge in [-0.2, -0.15) is 6.21 Å². The molecule has 0 saturated carbocycles. The minimum absolute atomic E-state index is 0. The van der Waals surface area contributed by atoms with E-state index in [1.807, 2.05) is 6.92 Å². The topological polar surface area (TPSA) is 38.7 Å². The largest absolute Gasteiger partial charge is 2.00 e. The first kappa shape index (κ1) is 15.9. The van der Waals surface area contributed by atoms with Crippen molar-refractivity contribution in [1.82, 2.24) is 0 Å². The number of halogens is 1. The van der Waals surface area contributed by atoms with Crippen LogP contribution in [0, 0.1) is 37.2 Å². The molecular weight excluding hydrogens is 460 g/mol. The van der Waals surface area contributed by atoms with Crippen molar-refractivity contribution in [1.29, 1.82) is 0 Å². The molecule has 0 aromatic heterocycles. The van der Waals surface area contributed by atoms with Gasteiger partial charge in [0.1, 0.15) is 5.97 Å². The van der Waals surface area contributed by atoms with Crippen LogP contribution in [0.25, 0.3) is 0 Å². The Morgan fingerprint density at radius 2 is 2.23 bits per heavy atom. The van der Waals surface area contributed by atoms with Crippen molar-refractivity contribution in [2.24, 2.45) is 4.99 Å². The van der Waals surface area contributed by atoms with Crippen LogP contribution in [0.1, 0.15) is 13.3 Å². The zero-order valence-electron chi connectivity index (χ0n) is 7.56. The summed E-state index contributed by atoms with van der Waals surface area (Å²) < 4.78 is 4.38. The van der Waals surface area contributed by atoms with E-state index < -0.39 is 5.97 Å². The Morgan fingerprint density at radius 3 is 2.62 bits per heavy atom. The second kappa shape index (κ2) is 10.5. The van der Waals surface area contributed by atoms with Crippen LogP contribution in [0.15, 0.2) is 10.7 Å². The first-order valence-electron chi connectivity index (χ1n) is 3.45. The zero-order valence-corrected chi connectivity index (χ0v) is 13.3. The molecule has 0 aromatic rings. The van der Waals surface area contributed by atoms with Gasteiger partial charge in [0.15, 0.2) is 0 Å². The van der Waals surface area contributed by atoms with Crippen LogP contribution in [0.5, 0.6) is 0 Å². The Balaban J connectivity index is 0. The summed E-state index contributed by atoms with van der Waals surface area (Å²) in [5, 5.41) is 0.467. The van der Waals surface area contributed by atoms with Crippen LogP contribution in [-0.4, -0.2) is 24.6 Å². The second-order valence-corrected chi connectivity index (χ2v) is 2.38. The molecule has 0 fully saturated rings. The SMILES string of the molecule is CC[C-]=NC(=[C-]C(=O)OC)CBr.[U+2]. The number of carbonyl (C=O) groups excluding carboxylic acids is 1. The van der Waals surface area contributed by atoms with Crippen molar-refractivity contribution in [3.63, 3.8) is 0 Å². The number of hydrogen-bond acceptors (Lipinski definition) is 3. The monoisotopic (exact) mass is 469 g/mol. The maximum absolute atomic E-state index is 10.7. The molecule has 0 aliphatic heterocycles. The van der Waals surface area contributed by atoms with Crippen molar-refractivity contribution in [3.05, 3.63) is 11.8 Å². The maximum atomic E-state index is 10.7. The van der Waals surface area contributed by atoms with Gasteiger partial charge in [-0.3, -0.25) is 10.5 Å². The predicted octanol–water partition coefficient (Wildman–Crippen LogP) is 1.60. The van der Waals surface area contributed by atoms with Crippen molar-refractivity contribution in [2.45, 2.75) is 13.3 Å². The van der Waals surface area contributed by atoms with Gasteiger partial charge in [0.2, 0.25) is 0 Å². The van der Waals surface area contributed by atoms with Crippen LogP contribution in [0.3, 0.4) is 0 Å². The average molecular weight is 470 g/mol. The van der Waals surface area contributed by atoms with E-state index >= 15 is 0 Å². The molecular formula is C8H10BrNO2U. The fourth-order valence-electron chi connectivity index (χ4n) is 0.435. The van der Waals surface area contributed by atoms with Crippen molar-refractivity contribution in [2.75, 3.05) is 12.4 Å². The summed E-state index contributed by atoms with van der Waals surface area (Å²) in [6.07, 6.45) is 5.85. The fourth-order valence-corrected chi connectivity index (χ4v) is 0.700. The molecule has 0 atom stereocenters. The van der Waals surface area contributed by atoms with Gasteiger partial charge in [-0.15, -0.1) is 15.9 Å². The third kappa shape index (κ3) is 8.73. The smallest absolute Gasteiger partial charge is 0.495 e. The first-order valence-corrected chi connectivity index (χ1v) is 4.57. The molecule has 0 bridgehead atoms. The van der Waals surface area contributed by atoms with Crippen LogP contribution < -0.4 is 0 Å². The first-order chi connectivity index (χ1) is 5.74. The van der Waals surface area contributed by atoms with E-state index in [1.165, 1.54) is 7.11 Å². The summed E-state index contributed by atoms with van der Waals surface area (Å²) in [5.41, 5.74) is 0.490. The number of hydrogen-bond donors (Lipinski definition) is 0. The Morgan fingerprint density at radius 1 is 1.62 bits per heavy atom. The van der Waals surface area contributed by atoms with Gasteiger partial charge in [-0.1, -0.05) is 18.7 Å². The van der Waals surface area contributed by atoms with E-state index in [0.29, 0.717) is 17.4 Å². The maximum Gasteiger partial charge on any atom is 2.00 e. The fraction of sp³-hybridized carbons (Fsp3) is 0.500. The molecule has 0 aliphatic rings. The van der Waals surface area contributed by atoms with Gasteiger partial charge in [0.25, 0.3) is 0 Å². The van der Waals surface area contributed by atoms with E-state index in [0.717, 1.165) is 0 Å². The summed E-state index contributed by atoms with van der Waals surface area (Å²) in [4.78, 5) is 14.5. The third-order valence-electron chi connectivity index (χ3n) is 0.930. The van der Waals surface area contributed by atoms with Gasteiger partial charge in [0, 0.05) is 0 Å². The molecule has 0 radical (unpaired) electrons. The number of esters is 1. The molecule has 0 heterocycles. The van der Waals surface area contributed by atoms with E-state index in [9.17, 15) is 4.79 Å². The third-order valence-corrected chi connectivity index (χ3v) is 1.46. The summed E-state index contributed by atoms with van der Waals surface area (Å²) in [6.45, 7) is 1.91. The molecule has 0 rings (SSSR count). The average Bonchev–Trinajstić information content (AvgIpc) is 2.11. The molecule has 0 saturated heterocycles. The van der Waals surface area contributed by atoms with Gasteiger partial charge in [-0.05, 0) is 0 Å². The van der Waals surface area contributed by atoms with Crippen LogP contribution in [-0.2, 0) is 9.53 Å². The Bertz CT molecular complexity index is 204. The Labute approximate surface area is 111 Å². The molecule has 0 aromatic carbocycles. The summed E-state index contributed by atoms with van der Waals surface area (Å²) in [7, 11) is 1.30. The molecule has 0 aliphatic carbocycles. The minimum atomic E-state index is -0.522. The van der Waals surface area contributed by atoms with Crippen molar-refractivity contribution >= 4 is 28.1 Å². The quantitative estimate of drug-likeness (QED) is 0.206. The Kier molecular flexibility index (Phi) is 12.8. The van der Waals surface area contributed by atoms with Gasteiger partial charge in [-0.25, -0.2) is 0 Å². The molecule has 0 spiro atoms. The number of rotatable bonds is 4.